The van der Waals surface area contributed by atoms with E-state index in [0.717, 1.165) is 81.6 Å². The first-order valence-corrected chi connectivity index (χ1v) is 17.5. The SMILES string of the molecule is CCCOc1ccc(S(=O)(=O)N(CCCCN2CCOCC2)Cc2ccccc2)cc1-c1cc2c(CCC)nn(C)c2c(=O)[nH]1. The Labute approximate surface area is 266 Å². The molecule has 0 radical (unpaired) electrons. The second-order valence-corrected chi connectivity index (χ2v) is 13.5. The zero-order chi connectivity index (χ0) is 31.8. The van der Waals surface area contributed by atoms with E-state index in [1.54, 1.807) is 34.2 Å². The number of hydrogen-bond acceptors (Lipinski definition) is 7. The maximum atomic E-state index is 14.3. The molecule has 0 atom stereocenters. The number of ether oxygens (including phenoxy) is 2. The molecule has 0 saturated carbocycles. The molecule has 1 fully saturated rings. The summed E-state index contributed by atoms with van der Waals surface area (Å²) in [5.41, 5.74) is 3.01. The monoisotopic (exact) mass is 635 g/mol. The Balaban J connectivity index is 1.50. The molecule has 0 spiro atoms. The van der Waals surface area contributed by atoms with E-state index < -0.39 is 10.0 Å². The Kier molecular flexibility index (Phi) is 11.1. The standard InChI is InChI=1S/C34H45N5O5S/c1-4-11-30-29-24-31(35-34(40)33(29)37(3)36-30)28-23-27(14-15-32(28)44-20-5-2)45(41,42)39(25-26-12-7-6-8-13-26)17-10-9-16-38-18-21-43-22-19-38/h6-8,12-15,23-24H,4-5,9-11,16-22,25H2,1-3H3,(H,35,40). The number of unbranched alkanes of at least 4 members (excludes halogenated alkanes) is 1. The van der Waals surface area contributed by atoms with E-state index >= 15 is 0 Å². The van der Waals surface area contributed by atoms with Crippen LogP contribution in [0.5, 0.6) is 5.75 Å². The molecule has 10 nitrogen and oxygen atoms in total. The van der Waals surface area contributed by atoms with Crippen LogP contribution in [0, 0.1) is 0 Å². The van der Waals surface area contributed by atoms with Crippen molar-refractivity contribution in [3.8, 4) is 17.0 Å². The number of sulfonamides is 1. The van der Waals surface area contributed by atoms with Gasteiger partial charge in [-0.05, 0) is 62.1 Å². The molecule has 0 amide bonds. The maximum Gasteiger partial charge on any atom is 0.274 e. The van der Waals surface area contributed by atoms with Gasteiger partial charge in [-0.25, -0.2) is 8.42 Å². The zero-order valence-corrected chi connectivity index (χ0v) is 27.4. The number of pyridine rings is 1. The third kappa shape index (κ3) is 7.84. The molecular weight excluding hydrogens is 590 g/mol. The molecule has 1 aliphatic rings. The number of H-pyrrole nitrogens is 1. The average Bonchev–Trinajstić information content (AvgIpc) is 3.37. The molecule has 0 bridgehead atoms. The summed E-state index contributed by atoms with van der Waals surface area (Å²) in [7, 11) is -2.14. The van der Waals surface area contributed by atoms with Crippen molar-refractivity contribution in [1.29, 1.82) is 0 Å². The molecule has 45 heavy (non-hydrogen) atoms. The van der Waals surface area contributed by atoms with Crippen LogP contribution in [-0.4, -0.2) is 78.4 Å². The molecular formula is C34H45N5O5S. The van der Waals surface area contributed by atoms with Gasteiger partial charge in [0.25, 0.3) is 5.56 Å². The first-order chi connectivity index (χ1) is 21.8. The van der Waals surface area contributed by atoms with Crippen LogP contribution in [-0.2, 0) is 34.8 Å². The van der Waals surface area contributed by atoms with Crippen LogP contribution >= 0.6 is 0 Å². The number of hydrogen-bond donors (Lipinski definition) is 1. The van der Waals surface area contributed by atoms with Crippen LogP contribution in [0.3, 0.4) is 0 Å². The van der Waals surface area contributed by atoms with Gasteiger partial charge in [0.2, 0.25) is 10.0 Å². The lowest BCUT2D eigenvalue weighted by Gasteiger charge is -2.27. The Bertz CT molecular complexity index is 1730. The normalized spacial score (nSPS) is 14.4. The summed E-state index contributed by atoms with van der Waals surface area (Å²) in [6, 6.07) is 16.5. The summed E-state index contributed by atoms with van der Waals surface area (Å²) in [4.78, 5) is 18.8. The van der Waals surface area contributed by atoms with Gasteiger partial charge in [-0.2, -0.15) is 9.40 Å². The van der Waals surface area contributed by atoms with Crippen LogP contribution in [0.25, 0.3) is 22.2 Å². The summed E-state index contributed by atoms with van der Waals surface area (Å²) >= 11 is 0. The molecule has 2 aromatic carbocycles. The number of aromatic amines is 1. The smallest absolute Gasteiger partial charge is 0.274 e. The number of fused-ring (bicyclic) bond motifs is 1. The van der Waals surface area contributed by atoms with E-state index in [1.165, 1.54) is 0 Å². The third-order valence-corrected chi connectivity index (χ3v) is 10.0. The molecule has 1 N–H and O–H groups in total. The van der Waals surface area contributed by atoms with Crippen molar-refractivity contribution in [2.24, 2.45) is 7.05 Å². The predicted molar refractivity (Wildman–Crippen MR) is 177 cm³/mol. The van der Waals surface area contributed by atoms with E-state index in [1.807, 2.05) is 43.3 Å². The van der Waals surface area contributed by atoms with Crippen molar-refractivity contribution < 1.29 is 17.9 Å². The molecule has 11 heteroatoms. The molecule has 3 heterocycles. The quantitative estimate of drug-likeness (QED) is 0.184. The zero-order valence-electron chi connectivity index (χ0n) is 26.6. The molecule has 2 aromatic heterocycles. The number of nitrogens with zero attached hydrogens (tertiary/aromatic N) is 4. The molecule has 1 aliphatic heterocycles. The second-order valence-electron chi connectivity index (χ2n) is 11.6. The first-order valence-electron chi connectivity index (χ1n) is 16.0. The highest BCUT2D eigenvalue weighted by molar-refractivity contribution is 7.89. The van der Waals surface area contributed by atoms with E-state index in [9.17, 15) is 13.2 Å². The topological polar surface area (TPSA) is 110 Å². The Morgan fingerprint density at radius 3 is 2.53 bits per heavy atom. The summed E-state index contributed by atoms with van der Waals surface area (Å²) < 4.78 is 43.4. The van der Waals surface area contributed by atoms with Crippen LogP contribution in [0.15, 0.2) is 64.3 Å². The van der Waals surface area contributed by atoms with Gasteiger partial charge in [-0.3, -0.25) is 14.4 Å². The number of aromatic nitrogens is 3. The van der Waals surface area contributed by atoms with Gasteiger partial charge in [0.15, 0.2) is 0 Å². The van der Waals surface area contributed by atoms with Gasteiger partial charge >= 0.3 is 0 Å². The summed E-state index contributed by atoms with van der Waals surface area (Å²) in [5.74, 6) is 0.520. The van der Waals surface area contributed by atoms with Gasteiger partial charge < -0.3 is 14.5 Å². The van der Waals surface area contributed by atoms with Crippen molar-refractivity contribution in [2.45, 2.75) is 57.4 Å². The molecule has 5 rings (SSSR count). The van der Waals surface area contributed by atoms with Crippen molar-refractivity contribution in [3.05, 3.63) is 76.2 Å². The van der Waals surface area contributed by atoms with Gasteiger partial charge in [0, 0.05) is 44.2 Å². The molecule has 242 valence electrons. The maximum absolute atomic E-state index is 14.3. The lowest BCUT2D eigenvalue weighted by Crippen LogP contribution is -2.37. The number of benzene rings is 2. The van der Waals surface area contributed by atoms with Crippen molar-refractivity contribution >= 4 is 20.9 Å². The minimum absolute atomic E-state index is 0.159. The summed E-state index contributed by atoms with van der Waals surface area (Å²) in [6.45, 7) is 9.43. The molecule has 0 aliphatic carbocycles. The highest BCUT2D eigenvalue weighted by atomic mass is 32.2. The van der Waals surface area contributed by atoms with Crippen LogP contribution < -0.4 is 10.3 Å². The van der Waals surface area contributed by atoms with Crippen molar-refractivity contribution in [3.63, 3.8) is 0 Å². The fraction of sp³-hybridized carbons (Fsp3) is 0.471. The van der Waals surface area contributed by atoms with E-state index in [0.29, 0.717) is 35.7 Å². The Hall–Kier alpha value is -3.51. The molecule has 0 unspecified atom stereocenters. The van der Waals surface area contributed by atoms with E-state index in [-0.39, 0.29) is 17.0 Å². The molecule has 1 saturated heterocycles. The summed E-state index contributed by atoms with van der Waals surface area (Å²) in [6.07, 6.45) is 4.03. The number of morpholine rings is 1. The fourth-order valence-electron chi connectivity index (χ4n) is 5.83. The van der Waals surface area contributed by atoms with Crippen LogP contribution in [0.2, 0.25) is 0 Å². The minimum atomic E-state index is -3.90. The van der Waals surface area contributed by atoms with E-state index in [4.69, 9.17) is 9.47 Å². The second kappa shape index (κ2) is 15.2. The van der Waals surface area contributed by atoms with Crippen molar-refractivity contribution in [2.75, 3.05) is 46.0 Å². The Morgan fingerprint density at radius 2 is 1.80 bits per heavy atom. The highest BCUT2D eigenvalue weighted by Crippen LogP contribution is 2.34. The van der Waals surface area contributed by atoms with Gasteiger partial charge in [0.05, 0.1) is 36.1 Å². The highest BCUT2D eigenvalue weighted by Gasteiger charge is 2.27. The van der Waals surface area contributed by atoms with Crippen molar-refractivity contribution in [1.82, 2.24) is 24.0 Å². The summed E-state index contributed by atoms with van der Waals surface area (Å²) in [5, 5.41) is 5.35. The van der Waals surface area contributed by atoms with Gasteiger partial charge in [-0.15, -0.1) is 0 Å². The van der Waals surface area contributed by atoms with E-state index in [2.05, 4.69) is 21.9 Å². The lowest BCUT2D eigenvalue weighted by atomic mass is 10.1. The minimum Gasteiger partial charge on any atom is -0.493 e. The predicted octanol–water partition coefficient (Wildman–Crippen LogP) is 4.97. The van der Waals surface area contributed by atoms with Gasteiger partial charge in [0.1, 0.15) is 11.3 Å². The lowest BCUT2D eigenvalue weighted by molar-refractivity contribution is 0.0370. The third-order valence-electron chi connectivity index (χ3n) is 8.18. The number of rotatable bonds is 15. The van der Waals surface area contributed by atoms with Crippen LogP contribution in [0.4, 0.5) is 0 Å². The molecule has 4 aromatic rings. The first kappa shape index (κ1) is 32.9. The largest absolute Gasteiger partial charge is 0.493 e. The van der Waals surface area contributed by atoms with Gasteiger partial charge in [-0.1, -0.05) is 50.6 Å². The van der Waals surface area contributed by atoms with Crippen LogP contribution in [0.1, 0.15) is 50.8 Å². The fourth-order valence-corrected chi connectivity index (χ4v) is 7.33. The Morgan fingerprint density at radius 1 is 1.02 bits per heavy atom. The average molecular weight is 636 g/mol. The number of aryl methyl sites for hydroxylation is 2. The number of nitrogens with one attached hydrogen (secondary N) is 1.